The predicted octanol–water partition coefficient (Wildman–Crippen LogP) is 2.66. The minimum Gasteiger partial charge on any atom is -0.493 e. The second-order valence-electron chi connectivity index (χ2n) is 6.46. The van der Waals surface area contributed by atoms with Crippen LogP contribution >= 0.6 is 0 Å². The molecule has 0 spiro atoms. The highest BCUT2D eigenvalue weighted by Crippen LogP contribution is 2.30. The van der Waals surface area contributed by atoms with Gasteiger partial charge >= 0.3 is 0 Å². The highest BCUT2D eigenvalue weighted by atomic mass is 32.2. The molecular weight excluding hydrogens is 380 g/mol. The average molecular weight is 407 g/mol. The van der Waals surface area contributed by atoms with Gasteiger partial charge in [-0.15, -0.1) is 0 Å². The number of ether oxygens (including phenoxy) is 2. The van der Waals surface area contributed by atoms with E-state index in [4.69, 9.17) is 9.47 Å². The van der Waals surface area contributed by atoms with Crippen LogP contribution in [0.1, 0.15) is 24.1 Å². The molecule has 0 radical (unpaired) electrons. The zero-order chi connectivity index (χ0) is 20.9. The van der Waals surface area contributed by atoms with Crippen LogP contribution < -0.4 is 19.1 Å². The van der Waals surface area contributed by atoms with E-state index in [0.717, 1.165) is 21.7 Å². The summed E-state index contributed by atoms with van der Waals surface area (Å²) in [6.45, 7) is 3.32. The lowest BCUT2D eigenvalue weighted by molar-refractivity contribution is -0.120. The van der Waals surface area contributed by atoms with Crippen LogP contribution in [0.5, 0.6) is 11.5 Å². The van der Waals surface area contributed by atoms with Gasteiger partial charge in [0.05, 0.1) is 32.2 Å². The van der Waals surface area contributed by atoms with Crippen molar-refractivity contribution in [3.8, 4) is 11.5 Å². The largest absolute Gasteiger partial charge is 0.493 e. The Balaban J connectivity index is 2.18. The van der Waals surface area contributed by atoms with Crippen molar-refractivity contribution >= 4 is 21.6 Å². The van der Waals surface area contributed by atoms with E-state index in [9.17, 15) is 13.2 Å². The molecule has 0 saturated carbocycles. The molecule has 0 aliphatic rings. The first-order chi connectivity index (χ1) is 13.2. The topological polar surface area (TPSA) is 84.9 Å². The van der Waals surface area contributed by atoms with Crippen LogP contribution in [0, 0.1) is 6.92 Å². The predicted molar refractivity (Wildman–Crippen MR) is 109 cm³/mol. The summed E-state index contributed by atoms with van der Waals surface area (Å²) in [5, 5.41) is 2.84. The van der Waals surface area contributed by atoms with Crippen LogP contribution in [0.3, 0.4) is 0 Å². The molecule has 8 heteroatoms. The molecule has 1 unspecified atom stereocenters. The van der Waals surface area contributed by atoms with Crippen molar-refractivity contribution in [3.63, 3.8) is 0 Å². The van der Waals surface area contributed by atoms with Crippen molar-refractivity contribution in [1.29, 1.82) is 0 Å². The van der Waals surface area contributed by atoms with Gasteiger partial charge in [0, 0.05) is 0 Å². The Morgan fingerprint density at radius 1 is 1.11 bits per heavy atom. The summed E-state index contributed by atoms with van der Waals surface area (Å²) < 4.78 is 36.1. The zero-order valence-electron chi connectivity index (χ0n) is 16.7. The number of hydrogen-bond acceptors (Lipinski definition) is 5. The lowest BCUT2D eigenvalue weighted by Gasteiger charge is -2.24. The van der Waals surface area contributed by atoms with Gasteiger partial charge in [0.1, 0.15) is 6.54 Å². The molecule has 1 amide bonds. The Morgan fingerprint density at radius 2 is 1.75 bits per heavy atom. The third-order valence-electron chi connectivity index (χ3n) is 4.36. The van der Waals surface area contributed by atoms with Gasteiger partial charge in [-0.05, 0) is 43.2 Å². The van der Waals surface area contributed by atoms with E-state index in [2.05, 4.69) is 5.32 Å². The molecule has 2 aromatic rings. The van der Waals surface area contributed by atoms with Crippen molar-refractivity contribution in [2.24, 2.45) is 0 Å². The Hall–Kier alpha value is -2.74. The van der Waals surface area contributed by atoms with Crippen LogP contribution in [0.15, 0.2) is 42.5 Å². The zero-order valence-corrected chi connectivity index (χ0v) is 17.5. The quantitative estimate of drug-likeness (QED) is 0.729. The van der Waals surface area contributed by atoms with E-state index in [-0.39, 0.29) is 12.6 Å². The number of benzene rings is 2. The fraction of sp³-hybridized carbons (Fsp3) is 0.350. The second-order valence-corrected chi connectivity index (χ2v) is 8.37. The SMILES string of the molecule is COc1ccc(C(C)NC(=O)CN(c2ccccc2C)S(C)(=O)=O)cc1OC. The van der Waals surface area contributed by atoms with Gasteiger partial charge in [0.2, 0.25) is 15.9 Å². The van der Waals surface area contributed by atoms with Crippen LogP contribution in [-0.4, -0.2) is 41.3 Å². The maximum atomic E-state index is 12.6. The first-order valence-corrected chi connectivity index (χ1v) is 10.6. The third-order valence-corrected chi connectivity index (χ3v) is 5.48. The molecule has 0 saturated heterocycles. The lowest BCUT2D eigenvalue weighted by Crippen LogP contribution is -2.41. The summed E-state index contributed by atoms with van der Waals surface area (Å²) >= 11 is 0. The first kappa shape index (κ1) is 21.6. The van der Waals surface area contributed by atoms with Gasteiger partial charge in [0.15, 0.2) is 11.5 Å². The summed E-state index contributed by atoms with van der Waals surface area (Å²) in [5.41, 5.74) is 2.07. The Morgan fingerprint density at radius 3 is 2.32 bits per heavy atom. The van der Waals surface area contributed by atoms with Crippen molar-refractivity contribution < 1.29 is 22.7 Å². The fourth-order valence-electron chi connectivity index (χ4n) is 2.85. The van der Waals surface area contributed by atoms with E-state index in [1.165, 1.54) is 7.11 Å². The highest BCUT2D eigenvalue weighted by molar-refractivity contribution is 7.92. The average Bonchev–Trinajstić information content (AvgIpc) is 2.65. The third kappa shape index (κ3) is 5.16. The molecule has 0 fully saturated rings. The summed E-state index contributed by atoms with van der Waals surface area (Å²) in [5.74, 6) is 0.738. The van der Waals surface area contributed by atoms with Gasteiger partial charge in [0.25, 0.3) is 0 Å². The number of nitrogens with one attached hydrogen (secondary N) is 1. The normalized spacial score (nSPS) is 12.2. The summed E-state index contributed by atoms with van der Waals surface area (Å²) in [6.07, 6.45) is 1.09. The Kier molecular flexibility index (Phi) is 6.90. The smallest absolute Gasteiger partial charge is 0.241 e. The van der Waals surface area contributed by atoms with E-state index >= 15 is 0 Å². The van der Waals surface area contributed by atoms with E-state index in [0.29, 0.717) is 17.2 Å². The second kappa shape index (κ2) is 8.97. The molecule has 0 aliphatic carbocycles. The molecular formula is C20H26N2O5S. The van der Waals surface area contributed by atoms with Crippen molar-refractivity contribution in [3.05, 3.63) is 53.6 Å². The van der Waals surface area contributed by atoms with Crippen molar-refractivity contribution in [2.45, 2.75) is 19.9 Å². The number of carbonyl (C=O) groups is 1. The number of nitrogens with zero attached hydrogens (tertiary/aromatic N) is 1. The molecule has 0 bridgehead atoms. The van der Waals surface area contributed by atoms with Crippen LogP contribution in [0.25, 0.3) is 0 Å². The van der Waals surface area contributed by atoms with Crippen LogP contribution in [0.2, 0.25) is 0 Å². The number of para-hydroxylation sites is 1. The molecule has 1 N–H and O–H groups in total. The number of amides is 1. The van der Waals surface area contributed by atoms with E-state index in [1.54, 1.807) is 44.4 Å². The number of hydrogen-bond donors (Lipinski definition) is 1. The molecule has 0 aliphatic heterocycles. The van der Waals surface area contributed by atoms with Gasteiger partial charge in [-0.25, -0.2) is 8.42 Å². The minimum absolute atomic E-state index is 0.304. The van der Waals surface area contributed by atoms with Crippen LogP contribution in [-0.2, 0) is 14.8 Å². The Labute approximate surface area is 166 Å². The first-order valence-electron chi connectivity index (χ1n) is 8.72. The molecule has 2 rings (SSSR count). The highest BCUT2D eigenvalue weighted by Gasteiger charge is 2.23. The minimum atomic E-state index is -3.62. The number of rotatable bonds is 8. The maximum Gasteiger partial charge on any atom is 0.241 e. The molecule has 0 aromatic heterocycles. The van der Waals surface area contributed by atoms with Gasteiger partial charge in [-0.2, -0.15) is 0 Å². The van der Waals surface area contributed by atoms with E-state index < -0.39 is 15.9 Å². The van der Waals surface area contributed by atoms with Gasteiger partial charge in [-0.1, -0.05) is 24.3 Å². The molecule has 1 atom stereocenters. The fourth-order valence-corrected chi connectivity index (χ4v) is 3.76. The molecule has 28 heavy (non-hydrogen) atoms. The Bertz CT molecular complexity index is 943. The molecule has 152 valence electrons. The summed E-state index contributed by atoms with van der Waals surface area (Å²) in [6, 6.07) is 12.1. The molecule has 0 heterocycles. The number of sulfonamides is 1. The number of anilines is 1. The number of methoxy groups -OCH3 is 2. The monoisotopic (exact) mass is 406 g/mol. The standard InChI is InChI=1S/C20H26N2O5S/c1-14-8-6-7-9-17(14)22(28(5,24)25)13-20(23)21-15(2)16-10-11-18(26-3)19(12-16)27-4/h6-12,15H,13H2,1-5H3,(H,21,23). The summed E-state index contributed by atoms with van der Waals surface area (Å²) in [4.78, 5) is 12.6. The number of aryl methyl sites for hydroxylation is 1. The van der Waals surface area contributed by atoms with Crippen molar-refractivity contribution in [2.75, 3.05) is 31.3 Å². The summed E-state index contributed by atoms with van der Waals surface area (Å²) in [7, 11) is -0.531. The maximum absolute atomic E-state index is 12.6. The molecule has 2 aromatic carbocycles. The van der Waals surface area contributed by atoms with Gasteiger partial charge < -0.3 is 14.8 Å². The van der Waals surface area contributed by atoms with Gasteiger partial charge in [-0.3, -0.25) is 9.10 Å². The lowest BCUT2D eigenvalue weighted by atomic mass is 10.1. The van der Waals surface area contributed by atoms with Crippen LogP contribution in [0.4, 0.5) is 5.69 Å². The number of carbonyl (C=O) groups excluding carboxylic acids is 1. The molecule has 7 nitrogen and oxygen atoms in total. The van der Waals surface area contributed by atoms with E-state index in [1.807, 2.05) is 19.1 Å². The van der Waals surface area contributed by atoms with Crippen molar-refractivity contribution in [1.82, 2.24) is 5.32 Å².